The van der Waals surface area contributed by atoms with Gasteiger partial charge in [-0.05, 0) is 0 Å². The van der Waals surface area contributed by atoms with Crippen molar-refractivity contribution in [3.63, 3.8) is 0 Å². The summed E-state index contributed by atoms with van der Waals surface area (Å²) < 4.78 is 5.37. The summed E-state index contributed by atoms with van der Waals surface area (Å²) in [6.07, 6.45) is 0.714. The summed E-state index contributed by atoms with van der Waals surface area (Å²) in [6.45, 7) is 2.60. The highest BCUT2D eigenvalue weighted by molar-refractivity contribution is 4.69. The Bertz CT molecular complexity index is 91.0. The van der Waals surface area contributed by atoms with E-state index >= 15 is 0 Å². The lowest BCUT2D eigenvalue weighted by atomic mass is 10.2. The molecule has 0 aliphatic carbocycles. The molecule has 60 valence electrons. The Labute approximate surface area is 60.9 Å². The van der Waals surface area contributed by atoms with Gasteiger partial charge in [0.1, 0.15) is 0 Å². The van der Waals surface area contributed by atoms with E-state index in [4.69, 9.17) is 16.2 Å². The molecule has 1 atom stereocenters. The summed E-state index contributed by atoms with van der Waals surface area (Å²) in [7, 11) is 0. The molecular weight excluding hydrogens is 130 g/mol. The van der Waals surface area contributed by atoms with Crippen molar-refractivity contribution in [3.05, 3.63) is 0 Å². The molecule has 5 N–H and O–H groups in total. The van der Waals surface area contributed by atoms with Crippen molar-refractivity contribution < 1.29 is 4.74 Å². The van der Waals surface area contributed by atoms with Crippen LogP contribution in [-0.2, 0) is 4.74 Å². The van der Waals surface area contributed by atoms with Crippen LogP contribution >= 0.6 is 0 Å². The molecule has 4 nitrogen and oxygen atoms in total. The van der Waals surface area contributed by atoms with Crippen molar-refractivity contribution in [1.82, 2.24) is 5.32 Å². The van der Waals surface area contributed by atoms with Crippen LogP contribution in [0, 0.1) is 0 Å². The van der Waals surface area contributed by atoms with Crippen LogP contribution in [0.5, 0.6) is 0 Å². The molecule has 0 radical (unpaired) electrons. The maximum absolute atomic E-state index is 5.39. The third kappa shape index (κ3) is 2.62. The minimum Gasteiger partial charge on any atom is -0.375 e. The smallest absolute Gasteiger partial charge is 0.0727 e. The van der Waals surface area contributed by atoms with Gasteiger partial charge in [-0.3, -0.25) is 0 Å². The highest BCUT2D eigenvalue weighted by Crippen LogP contribution is 2.00. The zero-order valence-electron chi connectivity index (χ0n) is 6.05. The fraction of sp³-hybridized carbons (Fsp3) is 1.00. The summed E-state index contributed by atoms with van der Waals surface area (Å²) in [5.74, 6) is 0. The van der Waals surface area contributed by atoms with Gasteiger partial charge >= 0.3 is 0 Å². The lowest BCUT2D eigenvalue weighted by molar-refractivity contribution is 0.0200. The van der Waals surface area contributed by atoms with Crippen LogP contribution in [0.1, 0.15) is 6.42 Å². The molecule has 1 heterocycles. The first kappa shape index (κ1) is 7.94. The van der Waals surface area contributed by atoms with Crippen LogP contribution in [-0.4, -0.2) is 32.0 Å². The molecule has 1 rings (SSSR count). The second kappa shape index (κ2) is 3.88. The van der Waals surface area contributed by atoms with E-state index in [1.807, 2.05) is 0 Å². The van der Waals surface area contributed by atoms with Crippen molar-refractivity contribution in [2.45, 2.75) is 18.7 Å². The molecule has 0 bridgehead atoms. The van der Waals surface area contributed by atoms with Crippen molar-refractivity contribution in [3.8, 4) is 0 Å². The van der Waals surface area contributed by atoms with Crippen LogP contribution in [0.4, 0.5) is 0 Å². The minimum atomic E-state index is -0.245. The van der Waals surface area contributed by atoms with Crippen molar-refractivity contribution in [2.24, 2.45) is 11.5 Å². The predicted octanol–water partition coefficient (Wildman–Crippen LogP) is -1.39. The molecule has 0 aromatic rings. The second-order valence-electron chi connectivity index (χ2n) is 2.60. The van der Waals surface area contributed by atoms with Gasteiger partial charge in [-0.15, -0.1) is 0 Å². The van der Waals surface area contributed by atoms with E-state index in [2.05, 4.69) is 5.32 Å². The zero-order chi connectivity index (χ0) is 7.40. The first-order chi connectivity index (χ1) is 4.79. The lowest BCUT2D eigenvalue weighted by Gasteiger charge is -2.24. The molecule has 1 fully saturated rings. The van der Waals surface area contributed by atoms with Crippen LogP contribution in [0.2, 0.25) is 0 Å². The predicted molar refractivity (Wildman–Crippen MR) is 39.4 cm³/mol. The fourth-order valence-corrected chi connectivity index (χ4v) is 1.07. The summed E-state index contributed by atoms with van der Waals surface area (Å²) in [6, 6.07) is 0. The van der Waals surface area contributed by atoms with Gasteiger partial charge in [-0.1, -0.05) is 0 Å². The van der Waals surface area contributed by atoms with Crippen LogP contribution < -0.4 is 16.8 Å². The number of rotatable bonds is 2. The molecule has 10 heavy (non-hydrogen) atoms. The van der Waals surface area contributed by atoms with E-state index in [0.717, 1.165) is 26.1 Å². The number of hydrogen-bond acceptors (Lipinski definition) is 4. The number of nitrogens with two attached hydrogens (primary N) is 2. The molecule has 1 aliphatic rings. The van der Waals surface area contributed by atoms with E-state index in [-0.39, 0.29) is 12.3 Å². The van der Waals surface area contributed by atoms with E-state index in [1.165, 1.54) is 0 Å². The average molecular weight is 145 g/mol. The number of nitrogens with one attached hydrogen (secondary N) is 1. The second-order valence-corrected chi connectivity index (χ2v) is 2.60. The number of ether oxygens (including phenoxy) is 1. The molecule has 0 amide bonds. The molecular formula is C6H15N3O. The van der Waals surface area contributed by atoms with Crippen molar-refractivity contribution >= 4 is 0 Å². The zero-order valence-corrected chi connectivity index (χ0v) is 6.05. The van der Waals surface area contributed by atoms with Gasteiger partial charge in [-0.2, -0.15) is 0 Å². The van der Waals surface area contributed by atoms with Gasteiger partial charge in [0.2, 0.25) is 0 Å². The SMILES string of the molecule is NC(N)CC1CNCCO1. The Hall–Kier alpha value is -0.160. The van der Waals surface area contributed by atoms with Crippen LogP contribution in [0.3, 0.4) is 0 Å². The molecule has 0 aromatic heterocycles. The van der Waals surface area contributed by atoms with E-state index in [9.17, 15) is 0 Å². The molecule has 4 heteroatoms. The number of morpholine rings is 1. The largest absolute Gasteiger partial charge is 0.375 e. The van der Waals surface area contributed by atoms with Crippen LogP contribution in [0.15, 0.2) is 0 Å². The fourth-order valence-electron chi connectivity index (χ4n) is 1.07. The monoisotopic (exact) mass is 145 g/mol. The molecule has 0 spiro atoms. The van der Waals surface area contributed by atoms with Crippen LogP contribution in [0.25, 0.3) is 0 Å². The van der Waals surface area contributed by atoms with Crippen molar-refractivity contribution in [1.29, 1.82) is 0 Å². The summed E-state index contributed by atoms with van der Waals surface area (Å²) >= 11 is 0. The third-order valence-electron chi connectivity index (χ3n) is 1.54. The molecule has 1 unspecified atom stereocenters. The van der Waals surface area contributed by atoms with Gasteiger partial charge in [-0.25, -0.2) is 0 Å². The normalized spacial score (nSPS) is 27.3. The Balaban J connectivity index is 2.13. The van der Waals surface area contributed by atoms with Gasteiger partial charge in [0.15, 0.2) is 0 Å². The third-order valence-corrected chi connectivity index (χ3v) is 1.54. The lowest BCUT2D eigenvalue weighted by Crippen LogP contribution is -2.44. The average Bonchev–Trinajstić information content (AvgIpc) is 1.88. The van der Waals surface area contributed by atoms with E-state index in [0.29, 0.717) is 0 Å². The Kier molecular flexibility index (Phi) is 3.08. The Morgan fingerprint density at radius 1 is 1.60 bits per heavy atom. The Morgan fingerprint density at radius 2 is 2.40 bits per heavy atom. The molecule has 1 saturated heterocycles. The van der Waals surface area contributed by atoms with Crippen molar-refractivity contribution in [2.75, 3.05) is 19.7 Å². The Morgan fingerprint density at radius 3 is 2.90 bits per heavy atom. The standard InChI is InChI=1S/C6H15N3O/c7-6(8)3-5-4-9-1-2-10-5/h5-6,9H,1-4,7-8H2. The van der Waals surface area contributed by atoms with E-state index in [1.54, 1.807) is 0 Å². The summed E-state index contributed by atoms with van der Waals surface area (Å²) in [5.41, 5.74) is 10.8. The summed E-state index contributed by atoms with van der Waals surface area (Å²) in [4.78, 5) is 0. The molecule has 0 aromatic carbocycles. The first-order valence-electron chi connectivity index (χ1n) is 3.62. The summed E-state index contributed by atoms with van der Waals surface area (Å²) in [5, 5.41) is 3.20. The van der Waals surface area contributed by atoms with E-state index < -0.39 is 0 Å². The van der Waals surface area contributed by atoms with Gasteiger partial charge < -0.3 is 21.5 Å². The minimum absolute atomic E-state index is 0.216. The van der Waals surface area contributed by atoms with Gasteiger partial charge in [0.05, 0.1) is 18.9 Å². The first-order valence-corrected chi connectivity index (χ1v) is 3.62. The maximum Gasteiger partial charge on any atom is 0.0727 e. The topological polar surface area (TPSA) is 73.3 Å². The highest BCUT2D eigenvalue weighted by Gasteiger charge is 2.14. The quantitative estimate of drug-likeness (QED) is 0.418. The molecule has 0 saturated carbocycles. The molecule has 1 aliphatic heterocycles. The highest BCUT2D eigenvalue weighted by atomic mass is 16.5. The number of hydrogen-bond donors (Lipinski definition) is 3. The maximum atomic E-state index is 5.39. The van der Waals surface area contributed by atoms with Gasteiger partial charge in [0, 0.05) is 19.5 Å². The van der Waals surface area contributed by atoms with Gasteiger partial charge in [0.25, 0.3) is 0 Å².